The van der Waals surface area contributed by atoms with Crippen LogP contribution in [0.15, 0.2) is 66.7 Å². The van der Waals surface area contributed by atoms with E-state index in [2.05, 4.69) is 5.32 Å². The summed E-state index contributed by atoms with van der Waals surface area (Å²) in [6.07, 6.45) is 0. The van der Waals surface area contributed by atoms with Gasteiger partial charge in [0.25, 0.3) is 5.91 Å². The number of fused-ring (bicyclic) bond motifs is 1. The van der Waals surface area contributed by atoms with E-state index >= 15 is 0 Å². The van der Waals surface area contributed by atoms with Crippen LogP contribution in [0.25, 0.3) is 22.2 Å². The Morgan fingerprint density at radius 1 is 0.931 bits per heavy atom. The zero-order valence-electron chi connectivity index (χ0n) is 16.0. The van der Waals surface area contributed by atoms with Gasteiger partial charge in [-0.05, 0) is 55.8 Å². The highest BCUT2D eigenvalue weighted by atomic mass is 35.5. The van der Waals surface area contributed by atoms with Gasteiger partial charge in [-0.25, -0.2) is 4.98 Å². The molecule has 0 aliphatic carbocycles. The van der Waals surface area contributed by atoms with Crippen molar-refractivity contribution in [3.05, 3.63) is 93.5 Å². The van der Waals surface area contributed by atoms with Crippen molar-refractivity contribution in [3.63, 3.8) is 0 Å². The lowest BCUT2D eigenvalue weighted by molar-refractivity contribution is 0.102. The van der Waals surface area contributed by atoms with Crippen LogP contribution in [0, 0.1) is 13.8 Å². The SMILES string of the molecule is Cc1ccc(NC(=O)c2cc(-c3ccc(Cl)cc3Cl)nc3ccccc23)c(C)c1. The first-order valence-electron chi connectivity index (χ1n) is 9.16. The highest BCUT2D eigenvalue weighted by Gasteiger charge is 2.16. The number of halogens is 2. The van der Waals surface area contributed by atoms with Crippen molar-refractivity contribution in [1.29, 1.82) is 0 Å². The molecular formula is C24H18Cl2N2O. The van der Waals surface area contributed by atoms with E-state index < -0.39 is 0 Å². The largest absolute Gasteiger partial charge is 0.322 e. The average Bonchev–Trinajstić information content (AvgIpc) is 2.69. The number of hydrogen-bond donors (Lipinski definition) is 1. The molecule has 5 heteroatoms. The third kappa shape index (κ3) is 3.98. The standard InChI is InChI=1S/C24H18Cl2N2O/c1-14-7-10-21(15(2)11-14)28-24(29)19-13-23(18-9-8-16(25)12-20(18)26)27-22-6-4-3-5-17(19)22/h3-13H,1-2H3,(H,28,29). The van der Waals surface area contributed by atoms with Crippen molar-refractivity contribution in [2.75, 3.05) is 5.32 Å². The second-order valence-electron chi connectivity index (χ2n) is 6.97. The van der Waals surface area contributed by atoms with Crippen LogP contribution < -0.4 is 5.32 Å². The quantitative estimate of drug-likeness (QED) is 0.384. The lowest BCUT2D eigenvalue weighted by atomic mass is 10.0. The highest BCUT2D eigenvalue weighted by molar-refractivity contribution is 6.36. The van der Waals surface area contributed by atoms with E-state index in [1.54, 1.807) is 18.2 Å². The number of pyridine rings is 1. The second kappa shape index (κ2) is 7.86. The van der Waals surface area contributed by atoms with Crippen LogP contribution in [0.5, 0.6) is 0 Å². The Morgan fingerprint density at radius 2 is 1.72 bits per heavy atom. The van der Waals surface area contributed by atoms with Gasteiger partial charge in [0.1, 0.15) is 0 Å². The molecule has 1 heterocycles. The Balaban J connectivity index is 1.83. The topological polar surface area (TPSA) is 42.0 Å². The van der Waals surface area contributed by atoms with E-state index in [4.69, 9.17) is 28.2 Å². The Kier molecular flexibility index (Phi) is 5.27. The van der Waals surface area contributed by atoms with Crippen molar-refractivity contribution in [2.24, 2.45) is 0 Å². The van der Waals surface area contributed by atoms with Gasteiger partial charge < -0.3 is 5.32 Å². The van der Waals surface area contributed by atoms with Crippen molar-refractivity contribution in [2.45, 2.75) is 13.8 Å². The number of carbonyl (C=O) groups excluding carboxylic acids is 1. The first-order valence-corrected chi connectivity index (χ1v) is 9.92. The molecule has 0 spiro atoms. The number of hydrogen-bond acceptors (Lipinski definition) is 2. The molecule has 3 nitrogen and oxygen atoms in total. The lowest BCUT2D eigenvalue weighted by Gasteiger charge is -2.13. The van der Waals surface area contributed by atoms with Gasteiger partial charge in [0.15, 0.2) is 0 Å². The predicted molar refractivity (Wildman–Crippen MR) is 121 cm³/mol. The number of benzene rings is 3. The van der Waals surface area contributed by atoms with Gasteiger partial charge in [0, 0.05) is 21.7 Å². The lowest BCUT2D eigenvalue weighted by Crippen LogP contribution is -2.14. The van der Waals surface area contributed by atoms with E-state index in [9.17, 15) is 4.79 Å². The van der Waals surface area contributed by atoms with E-state index in [1.165, 1.54) is 0 Å². The average molecular weight is 421 g/mol. The summed E-state index contributed by atoms with van der Waals surface area (Å²) in [7, 11) is 0. The van der Waals surface area contributed by atoms with Crippen LogP contribution in [0.4, 0.5) is 5.69 Å². The zero-order valence-corrected chi connectivity index (χ0v) is 17.5. The van der Waals surface area contributed by atoms with Gasteiger partial charge in [-0.1, -0.05) is 59.1 Å². The summed E-state index contributed by atoms with van der Waals surface area (Å²) in [6.45, 7) is 4.00. The summed E-state index contributed by atoms with van der Waals surface area (Å²) in [4.78, 5) is 17.9. The Morgan fingerprint density at radius 3 is 2.48 bits per heavy atom. The minimum absolute atomic E-state index is 0.193. The molecule has 3 aromatic carbocycles. The molecule has 144 valence electrons. The van der Waals surface area contributed by atoms with Gasteiger partial charge in [-0.2, -0.15) is 0 Å². The molecule has 0 atom stereocenters. The molecule has 4 rings (SSSR count). The van der Waals surface area contributed by atoms with Crippen molar-refractivity contribution in [1.82, 2.24) is 4.98 Å². The normalized spacial score (nSPS) is 10.9. The summed E-state index contributed by atoms with van der Waals surface area (Å²) in [5.41, 5.74) is 5.55. The fraction of sp³-hybridized carbons (Fsp3) is 0.0833. The Labute approximate surface area is 179 Å². The summed E-state index contributed by atoms with van der Waals surface area (Å²) in [5, 5.41) is 4.84. The van der Waals surface area contributed by atoms with E-state index in [-0.39, 0.29) is 5.91 Å². The van der Waals surface area contributed by atoms with E-state index in [1.807, 2.05) is 62.4 Å². The molecule has 1 amide bonds. The third-order valence-corrected chi connectivity index (χ3v) is 5.35. The predicted octanol–water partition coefficient (Wildman–Crippen LogP) is 7.08. The number of rotatable bonds is 3. The van der Waals surface area contributed by atoms with Crippen molar-refractivity contribution in [3.8, 4) is 11.3 Å². The number of carbonyl (C=O) groups is 1. The zero-order chi connectivity index (χ0) is 20.5. The second-order valence-corrected chi connectivity index (χ2v) is 7.81. The molecule has 1 N–H and O–H groups in total. The first kappa shape index (κ1) is 19.4. The minimum atomic E-state index is -0.193. The number of anilines is 1. The molecule has 0 aliphatic rings. The molecule has 29 heavy (non-hydrogen) atoms. The molecule has 0 saturated heterocycles. The van der Waals surface area contributed by atoms with Crippen LogP contribution in [0.2, 0.25) is 10.0 Å². The Bertz CT molecular complexity index is 1250. The van der Waals surface area contributed by atoms with Crippen LogP contribution in [0.3, 0.4) is 0 Å². The van der Waals surface area contributed by atoms with Crippen molar-refractivity contribution >= 4 is 45.7 Å². The maximum atomic E-state index is 13.2. The molecular weight excluding hydrogens is 403 g/mol. The fourth-order valence-electron chi connectivity index (χ4n) is 3.34. The van der Waals surface area contributed by atoms with Crippen LogP contribution >= 0.6 is 23.2 Å². The summed E-state index contributed by atoms with van der Waals surface area (Å²) in [6, 6.07) is 20.5. The summed E-state index contributed by atoms with van der Waals surface area (Å²) < 4.78 is 0. The summed E-state index contributed by atoms with van der Waals surface area (Å²) >= 11 is 12.4. The minimum Gasteiger partial charge on any atom is -0.322 e. The number of aryl methyl sites for hydroxylation is 2. The molecule has 0 aliphatic heterocycles. The van der Waals surface area contributed by atoms with Gasteiger partial charge in [0.2, 0.25) is 0 Å². The number of para-hydroxylation sites is 1. The highest BCUT2D eigenvalue weighted by Crippen LogP contribution is 2.32. The smallest absolute Gasteiger partial charge is 0.256 e. The monoisotopic (exact) mass is 420 g/mol. The number of nitrogens with one attached hydrogen (secondary N) is 1. The van der Waals surface area contributed by atoms with Crippen LogP contribution in [0.1, 0.15) is 21.5 Å². The van der Waals surface area contributed by atoms with E-state index in [0.717, 1.165) is 33.3 Å². The Hall–Kier alpha value is -2.88. The molecule has 0 unspecified atom stereocenters. The number of nitrogens with zero attached hydrogens (tertiary/aromatic N) is 1. The molecule has 4 aromatic rings. The van der Waals surface area contributed by atoms with Crippen LogP contribution in [-0.4, -0.2) is 10.9 Å². The maximum Gasteiger partial charge on any atom is 0.256 e. The molecule has 0 saturated carbocycles. The van der Waals surface area contributed by atoms with Gasteiger partial charge in [-0.15, -0.1) is 0 Å². The van der Waals surface area contributed by atoms with E-state index in [0.29, 0.717) is 21.3 Å². The van der Waals surface area contributed by atoms with Gasteiger partial charge >= 0.3 is 0 Å². The maximum absolute atomic E-state index is 13.2. The summed E-state index contributed by atoms with van der Waals surface area (Å²) in [5.74, 6) is -0.193. The molecule has 0 fully saturated rings. The first-order chi connectivity index (χ1) is 13.9. The fourth-order valence-corrected chi connectivity index (χ4v) is 3.85. The number of amides is 1. The molecule has 0 radical (unpaired) electrons. The molecule has 1 aromatic heterocycles. The number of aromatic nitrogens is 1. The van der Waals surface area contributed by atoms with Gasteiger partial charge in [0.05, 0.1) is 21.8 Å². The van der Waals surface area contributed by atoms with Crippen LogP contribution in [-0.2, 0) is 0 Å². The van der Waals surface area contributed by atoms with Gasteiger partial charge in [-0.3, -0.25) is 4.79 Å². The third-order valence-electron chi connectivity index (χ3n) is 4.80. The van der Waals surface area contributed by atoms with Crippen molar-refractivity contribution < 1.29 is 4.79 Å². The molecule has 0 bridgehead atoms.